The van der Waals surface area contributed by atoms with Gasteiger partial charge in [-0.05, 0) is 101 Å². The summed E-state index contributed by atoms with van der Waals surface area (Å²) in [6.45, 7) is 4.37. The van der Waals surface area contributed by atoms with E-state index in [-0.39, 0.29) is 23.7 Å². The maximum Gasteiger partial charge on any atom is 0.308 e. The zero-order valence-electron chi connectivity index (χ0n) is 24.1. The Morgan fingerprint density at radius 2 is 1.64 bits per heavy atom. The van der Waals surface area contributed by atoms with Crippen molar-refractivity contribution >= 4 is 21.5 Å². The van der Waals surface area contributed by atoms with E-state index in [1.165, 1.54) is 6.07 Å². The molecule has 0 bridgehead atoms. The summed E-state index contributed by atoms with van der Waals surface area (Å²) < 4.78 is 45.8. The van der Waals surface area contributed by atoms with Gasteiger partial charge in [-0.15, -0.1) is 0 Å². The molecule has 6 rings (SSSR count). The minimum atomic E-state index is -3.17. The fourth-order valence-corrected chi connectivity index (χ4v) is 8.88. The van der Waals surface area contributed by atoms with Crippen LogP contribution in [0.2, 0.25) is 0 Å². The van der Waals surface area contributed by atoms with Crippen molar-refractivity contribution in [2.45, 2.75) is 79.5 Å². The Balaban J connectivity index is 1.05. The molecule has 4 aliphatic rings. The smallest absolute Gasteiger partial charge is 0.308 e. The zero-order chi connectivity index (χ0) is 29.3. The van der Waals surface area contributed by atoms with Crippen molar-refractivity contribution in [3.63, 3.8) is 0 Å². The fraction of sp³-hybridized carbons (Fsp3) is 0.576. The Morgan fingerprint density at radius 1 is 0.976 bits per heavy atom. The van der Waals surface area contributed by atoms with E-state index in [4.69, 9.17) is 4.74 Å². The molecule has 0 aromatic heterocycles. The molecule has 4 fully saturated rings. The summed E-state index contributed by atoms with van der Waals surface area (Å²) in [5, 5.41) is 10.3. The summed E-state index contributed by atoms with van der Waals surface area (Å²) in [5.74, 6) is -0.482. The fourth-order valence-electron chi connectivity index (χ4n) is 7.22. The number of benzene rings is 2. The molecule has 2 aromatic rings. The average Bonchev–Trinajstić information content (AvgIpc) is 3.73. The van der Waals surface area contributed by atoms with E-state index in [9.17, 15) is 18.5 Å². The monoisotopic (exact) mass is 593 g/mol. The summed E-state index contributed by atoms with van der Waals surface area (Å²) in [7, 11) is -3.17. The van der Waals surface area contributed by atoms with Crippen LogP contribution in [0.25, 0.3) is 0 Å². The van der Waals surface area contributed by atoms with Crippen molar-refractivity contribution in [2.75, 3.05) is 37.6 Å². The third-order valence-corrected chi connectivity index (χ3v) is 12.1. The molecule has 0 N–H and O–H groups in total. The van der Waals surface area contributed by atoms with Crippen LogP contribution in [0.15, 0.2) is 53.4 Å². The Morgan fingerprint density at radius 3 is 2.26 bits per heavy atom. The number of carbonyl (C=O) groups excluding carboxylic acids is 1. The molecule has 0 amide bonds. The molecule has 2 aromatic carbocycles. The number of nitrogens with zero attached hydrogens (tertiary/aromatic N) is 3. The maximum atomic E-state index is 15.1. The highest BCUT2D eigenvalue weighted by Crippen LogP contribution is 2.43. The Kier molecular flexibility index (Phi) is 8.30. The van der Waals surface area contributed by atoms with Crippen molar-refractivity contribution in [1.82, 2.24) is 4.90 Å². The number of ether oxygens (including phenoxy) is 1. The van der Waals surface area contributed by atoms with Gasteiger partial charge in [-0.3, -0.25) is 4.79 Å². The highest BCUT2D eigenvalue weighted by atomic mass is 32.2. The van der Waals surface area contributed by atoms with E-state index in [0.29, 0.717) is 29.2 Å². The molecule has 0 radical (unpaired) electrons. The van der Waals surface area contributed by atoms with Crippen LogP contribution in [0.5, 0.6) is 0 Å². The van der Waals surface area contributed by atoms with E-state index in [2.05, 4.69) is 15.9 Å². The Bertz CT molecular complexity index is 1420. The predicted molar refractivity (Wildman–Crippen MR) is 158 cm³/mol. The lowest BCUT2D eigenvalue weighted by Gasteiger charge is -2.46. The molecule has 1 atom stereocenters. The van der Waals surface area contributed by atoms with E-state index in [0.717, 1.165) is 76.9 Å². The molecule has 2 heterocycles. The van der Waals surface area contributed by atoms with Crippen molar-refractivity contribution in [3.8, 4) is 6.07 Å². The second kappa shape index (κ2) is 12.0. The lowest BCUT2D eigenvalue weighted by Crippen LogP contribution is -2.53. The first-order valence-electron chi connectivity index (χ1n) is 15.5. The molecule has 2 aliphatic carbocycles. The van der Waals surface area contributed by atoms with Crippen LogP contribution in [0.1, 0.15) is 63.4 Å². The van der Waals surface area contributed by atoms with Gasteiger partial charge in [0.25, 0.3) is 0 Å². The van der Waals surface area contributed by atoms with Crippen LogP contribution < -0.4 is 4.90 Å². The van der Waals surface area contributed by atoms with E-state index >= 15 is 4.39 Å². The average molecular weight is 594 g/mol. The normalized spacial score (nSPS) is 22.3. The number of rotatable bonds is 10. The van der Waals surface area contributed by atoms with Gasteiger partial charge in [-0.25, -0.2) is 12.8 Å². The van der Waals surface area contributed by atoms with Crippen molar-refractivity contribution in [2.24, 2.45) is 11.8 Å². The minimum absolute atomic E-state index is 0.0906. The molecule has 42 heavy (non-hydrogen) atoms. The predicted octanol–water partition coefficient (Wildman–Crippen LogP) is 5.25. The zero-order valence-corrected chi connectivity index (χ0v) is 24.9. The number of halogens is 1. The molecule has 224 valence electrons. The van der Waals surface area contributed by atoms with Gasteiger partial charge < -0.3 is 14.5 Å². The van der Waals surface area contributed by atoms with Crippen molar-refractivity contribution in [3.05, 3.63) is 59.9 Å². The second-order valence-electron chi connectivity index (χ2n) is 12.7. The summed E-state index contributed by atoms with van der Waals surface area (Å²) in [6, 6.07) is 16.1. The van der Waals surface area contributed by atoms with Gasteiger partial charge in [-0.2, -0.15) is 5.26 Å². The van der Waals surface area contributed by atoms with Gasteiger partial charge in [0.2, 0.25) is 0 Å². The van der Waals surface area contributed by atoms with Crippen LogP contribution in [-0.2, 0) is 24.8 Å². The van der Waals surface area contributed by atoms with Gasteiger partial charge in [-0.1, -0.05) is 18.2 Å². The van der Waals surface area contributed by atoms with Crippen LogP contribution in [0.3, 0.4) is 0 Å². The van der Waals surface area contributed by atoms with Gasteiger partial charge in [0.05, 0.1) is 28.1 Å². The lowest BCUT2D eigenvalue weighted by molar-refractivity contribution is -0.150. The van der Waals surface area contributed by atoms with Gasteiger partial charge in [0, 0.05) is 36.8 Å². The lowest BCUT2D eigenvalue weighted by atomic mass is 9.65. The Labute approximate surface area is 248 Å². The highest BCUT2D eigenvalue weighted by molar-refractivity contribution is 7.92. The molecular weight excluding hydrogens is 553 g/mol. The number of hydrogen-bond acceptors (Lipinski definition) is 7. The number of nitriles is 1. The first-order chi connectivity index (χ1) is 20.3. The molecule has 2 saturated carbocycles. The molecule has 0 spiro atoms. The van der Waals surface area contributed by atoms with Gasteiger partial charge >= 0.3 is 5.97 Å². The molecular formula is C33H40FN3O4S. The second-order valence-corrected chi connectivity index (χ2v) is 14.9. The first-order valence-corrected chi connectivity index (χ1v) is 17.0. The SMILES string of the molecule is N#C[C@@](CC(=O)OC1CCCC1)(c1ccccc1F)C1CCN(CC2CN(c3ccc(S(=O)(=O)C4CC4)cc3)C2)CC1. The van der Waals surface area contributed by atoms with E-state index in [1.807, 2.05) is 12.1 Å². The molecule has 2 aliphatic heterocycles. The molecule has 9 heteroatoms. The summed E-state index contributed by atoms with van der Waals surface area (Å²) in [6.07, 6.45) is 6.55. The maximum absolute atomic E-state index is 15.1. The number of hydrogen-bond donors (Lipinski definition) is 0. The number of sulfone groups is 1. The van der Waals surface area contributed by atoms with Crippen molar-refractivity contribution < 1.29 is 22.3 Å². The first kappa shape index (κ1) is 29.1. The van der Waals surface area contributed by atoms with Gasteiger partial charge in [0.15, 0.2) is 9.84 Å². The number of piperidine rings is 1. The van der Waals surface area contributed by atoms with Crippen LogP contribution in [0.4, 0.5) is 10.1 Å². The van der Waals surface area contributed by atoms with Crippen molar-refractivity contribution in [1.29, 1.82) is 5.26 Å². The minimum Gasteiger partial charge on any atom is -0.462 e. The van der Waals surface area contributed by atoms with Crippen LogP contribution in [-0.4, -0.2) is 63.4 Å². The van der Waals surface area contributed by atoms with Crippen LogP contribution >= 0.6 is 0 Å². The van der Waals surface area contributed by atoms with Crippen LogP contribution in [0, 0.1) is 29.0 Å². The number of carbonyl (C=O) groups is 1. The number of esters is 1. The third-order valence-electron chi connectivity index (χ3n) is 9.83. The third kappa shape index (κ3) is 5.93. The molecule has 0 unspecified atom stereocenters. The van der Waals surface area contributed by atoms with E-state index in [1.54, 1.807) is 30.3 Å². The molecule has 2 saturated heterocycles. The number of likely N-dealkylation sites (tertiary alicyclic amines) is 1. The Hall–Kier alpha value is -2.96. The summed E-state index contributed by atoms with van der Waals surface area (Å²) in [5.41, 5.74) is 0.104. The van der Waals surface area contributed by atoms with E-state index < -0.39 is 27.0 Å². The largest absolute Gasteiger partial charge is 0.462 e. The highest BCUT2D eigenvalue weighted by Gasteiger charge is 2.46. The standard InChI is InChI=1S/C33H40FN3O4S/c34-31-8-4-3-7-30(31)33(23-35,19-32(38)41-27-5-1-2-6-27)25-15-17-36(18-16-25)20-24-21-37(22-24)26-9-11-28(12-10-26)42(39,40)29-13-14-29/h3-4,7-12,24-25,27,29H,1-2,5-6,13-22H2/t33-/m1/s1. The van der Waals surface area contributed by atoms with Gasteiger partial charge in [0.1, 0.15) is 11.9 Å². The topological polar surface area (TPSA) is 90.7 Å². The summed E-state index contributed by atoms with van der Waals surface area (Å²) in [4.78, 5) is 18.2. The molecule has 7 nitrogen and oxygen atoms in total. The summed E-state index contributed by atoms with van der Waals surface area (Å²) >= 11 is 0. The number of anilines is 1. The quantitative estimate of drug-likeness (QED) is 0.348.